The summed E-state index contributed by atoms with van der Waals surface area (Å²) in [6.45, 7) is 2.43. The molecule has 1 amide bonds. The normalized spacial score (nSPS) is 21.0. The number of nitrogens with zero attached hydrogens (tertiary/aromatic N) is 3. The van der Waals surface area contributed by atoms with Gasteiger partial charge in [-0.15, -0.1) is 0 Å². The van der Waals surface area contributed by atoms with Crippen molar-refractivity contribution >= 4 is 5.91 Å². The quantitative estimate of drug-likeness (QED) is 0.896. The van der Waals surface area contributed by atoms with Crippen molar-refractivity contribution in [2.45, 2.75) is 32.3 Å². The Morgan fingerprint density at radius 3 is 2.95 bits per heavy atom. The fraction of sp³-hybridized carbons (Fsp3) is 0.438. The highest BCUT2D eigenvalue weighted by Gasteiger charge is 2.25. The SMILES string of the molecule is Cc1cc(-n2cncn2)ccc1C(=O)NCC1CCCC1O. The average molecular weight is 300 g/mol. The largest absolute Gasteiger partial charge is 0.393 e. The number of benzene rings is 1. The van der Waals surface area contributed by atoms with Crippen molar-refractivity contribution < 1.29 is 9.90 Å². The van der Waals surface area contributed by atoms with Crippen LogP contribution >= 0.6 is 0 Å². The molecule has 1 heterocycles. The summed E-state index contributed by atoms with van der Waals surface area (Å²) in [6, 6.07) is 5.56. The molecule has 6 nitrogen and oxygen atoms in total. The second kappa shape index (κ2) is 6.27. The molecule has 0 saturated heterocycles. The molecule has 1 aromatic carbocycles. The van der Waals surface area contributed by atoms with Crippen LogP contribution in [0.5, 0.6) is 0 Å². The number of aromatic nitrogens is 3. The Morgan fingerprint density at radius 2 is 2.32 bits per heavy atom. The molecule has 0 bridgehead atoms. The highest BCUT2D eigenvalue weighted by Crippen LogP contribution is 2.24. The summed E-state index contributed by atoms with van der Waals surface area (Å²) in [6.07, 6.45) is 5.67. The van der Waals surface area contributed by atoms with E-state index in [2.05, 4.69) is 15.4 Å². The first kappa shape index (κ1) is 14.7. The van der Waals surface area contributed by atoms with Gasteiger partial charge >= 0.3 is 0 Å². The number of carbonyl (C=O) groups excluding carboxylic acids is 1. The van der Waals surface area contributed by atoms with Gasteiger partial charge in [0.05, 0.1) is 11.8 Å². The lowest BCUT2D eigenvalue weighted by molar-refractivity contribution is 0.0916. The summed E-state index contributed by atoms with van der Waals surface area (Å²) < 4.78 is 1.66. The van der Waals surface area contributed by atoms with Crippen LogP contribution in [-0.4, -0.2) is 38.4 Å². The molecule has 2 atom stereocenters. The van der Waals surface area contributed by atoms with Gasteiger partial charge in [-0.1, -0.05) is 6.42 Å². The number of aliphatic hydroxyl groups is 1. The summed E-state index contributed by atoms with van der Waals surface area (Å²) in [5.74, 6) is 0.0837. The average Bonchev–Trinajstić information content (AvgIpc) is 3.16. The Hall–Kier alpha value is -2.21. The first-order valence-corrected chi connectivity index (χ1v) is 7.57. The van der Waals surface area contributed by atoms with Crippen molar-refractivity contribution in [3.05, 3.63) is 42.0 Å². The van der Waals surface area contributed by atoms with Gasteiger partial charge in [0.2, 0.25) is 0 Å². The summed E-state index contributed by atoms with van der Waals surface area (Å²) in [4.78, 5) is 16.2. The molecule has 1 aliphatic carbocycles. The molecular formula is C16H20N4O2. The molecule has 116 valence electrons. The summed E-state index contributed by atoms with van der Waals surface area (Å²) in [7, 11) is 0. The van der Waals surface area contributed by atoms with Gasteiger partial charge in [-0.2, -0.15) is 5.10 Å². The Kier molecular flexibility index (Phi) is 4.20. The van der Waals surface area contributed by atoms with Crippen LogP contribution in [0.25, 0.3) is 5.69 Å². The second-order valence-electron chi connectivity index (χ2n) is 5.81. The third-order valence-corrected chi connectivity index (χ3v) is 4.28. The van der Waals surface area contributed by atoms with Crippen molar-refractivity contribution in [3.63, 3.8) is 0 Å². The number of hydrogen-bond acceptors (Lipinski definition) is 4. The summed E-state index contributed by atoms with van der Waals surface area (Å²) in [5.41, 5.74) is 2.41. The van der Waals surface area contributed by atoms with Crippen LogP contribution in [-0.2, 0) is 0 Å². The van der Waals surface area contributed by atoms with E-state index in [0.717, 1.165) is 30.5 Å². The molecule has 0 radical (unpaired) electrons. The summed E-state index contributed by atoms with van der Waals surface area (Å²) in [5, 5.41) is 16.8. The van der Waals surface area contributed by atoms with E-state index in [-0.39, 0.29) is 17.9 Å². The predicted octanol–water partition coefficient (Wildman–Crippen LogP) is 1.47. The highest BCUT2D eigenvalue weighted by molar-refractivity contribution is 5.95. The van der Waals surface area contributed by atoms with E-state index in [9.17, 15) is 9.90 Å². The van der Waals surface area contributed by atoms with Gasteiger partial charge in [-0.3, -0.25) is 4.79 Å². The molecular weight excluding hydrogens is 280 g/mol. The molecule has 1 aromatic heterocycles. The third-order valence-electron chi connectivity index (χ3n) is 4.28. The third kappa shape index (κ3) is 3.01. The molecule has 2 unspecified atom stereocenters. The van der Waals surface area contributed by atoms with Gasteiger partial charge < -0.3 is 10.4 Å². The number of aliphatic hydroxyl groups excluding tert-OH is 1. The Labute approximate surface area is 129 Å². The van der Waals surface area contributed by atoms with Crippen LogP contribution < -0.4 is 5.32 Å². The number of carbonyl (C=O) groups is 1. The van der Waals surface area contributed by atoms with Crippen LogP contribution in [0.15, 0.2) is 30.9 Å². The van der Waals surface area contributed by atoms with Crippen molar-refractivity contribution in [1.82, 2.24) is 20.1 Å². The first-order chi connectivity index (χ1) is 10.6. The van der Waals surface area contributed by atoms with Gasteiger partial charge in [0.15, 0.2) is 0 Å². The van der Waals surface area contributed by atoms with Gasteiger partial charge in [0, 0.05) is 18.0 Å². The van der Waals surface area contributed by atoms with E-state index in [1.165, 1.54) is 6.33 Å². The molecule has 3 rings (SSSR count). The van der Waals surface area contributed by atoms with E-state index in [0.29, 0.717) is 12.1 Å². The van der Waals surface area contributed by atoms with Gasteiger partial charge in [-0.05, 0) is 43.5 Å². The molecule has 1 aliphatic rings. The fourth-order valence-corrected chi connectivity index (χ4v) is 2.96. The van der Waals surface area contributed by atoms with Crippen molar-refractivity contribution in [3.8, 4) is 5.69 Å². The number of nitrogens with one attached hydrogen (secondary N) is 1. The lowest BCUT2D eigenvalue weighted by Gasteiger charge is -2.16. The van der Waals surface area contributed by atoms with E-state index in [1.807, 2.05) is 19.1 Å². The Balaban J connectivity index is 1.67. The maximum absolute atomic E-state index is 12.3. The zero-order valence-electron chi connectivity index (χ0n) is 12.6. The predicted molar refractivity (Wildman–Crippen MR) is 81.8 cm³/mol. The molecule has 0 aliphatic heterocycles. The van der Waals surface area contributed by atoms with Gasteiger partial charge in [-0.25, -0.2) is 9.67 Å². The van der Waals surface area contributed by atoms with Crippen LogP contribution in [0.2, 0.25) is 0 Å². The molecule has 1 fully saturated rings. The van der Waals surface area contributed by atoms with Crippen LogP contribution in [0.1, 0.15) is 35.2 Å². The lowest BCUT2D eigenvalue weighted by Crippen LogP contribution is -2.32. The van der Waals surface area contributed by atoms with E-state index in [4.69, 9.17) is 0 Å². The number of rotatable bonds is 4. The number of amides is 1. The van der Waals surface area contributed by atoms with E-state index < -0.39 is 0 Å². The van der Waals surface area contributed by atoms with Gasteiger partial charge in [0.1, 0.15) is 12.7 Å². The lowest BCUT2D eigenvalue weighted by atomic mass is 10.0. The zero-order chi connectivity index (χ0) is 15.5. The molecule has 1 saturated carbocycles. The Morgan fingerprint density at radius 1 is 1.45 bits per heavy atom. The van der Waals surface area contributed by atoms with Crippen molar-refractivity contribution in [1.29, 1.82) is 0 Å². The molecule has 22 heavy (non-hydrogen) atoms. The molecule has 0 spiro atoms. The van der Waals surface area contributed by atoms with Crippen LogP contribution in [0, 0.1) is 12.8 Å². The standard InChI is InChI=1S/C16H20N4O2/c1-11-7-13(20-10-17-9-19-20)5-6-14(11)16(22)18-8-12-3-2-4-15(12)21/h5-7,9-10,12,15,21H,2-4,8H2,1H3,(H,18,22). The minimum atomic E-state index is -0.281. The van der Waals surface area contributed by atoms with E-state index in [1.54, 1.807) is 17.1 Å². The Bertz CT molecular complexity index is 654. The molecule has 6 heteroatoms. The zero-order valence-corrected chi connectivity index (χ0v) is 12.6. The fourth-order valence-electron chi connectivity index (χ4n) is 2.96. The highest BCUT2D eigenvalue weighted by atomic mass is 16.3. The minimum Gasteiger partial charge on any atom is -0.393 e. The maximum atomic E-state index is 12.3. The first-order valence-electron chi connectivity index (χ1n) is 7.57. The summed E-state index contributed by atoms with van der Waals surface area (Å²) >= 11 is 0. The van der Waals surface area contributed by atoms with Crippen molar-refractivity contribution in [2.24, 2.45) is 5.92 Å². The maximum Gasteiger partial charge on any atom is 0.251 e. The minimum absolute atomic E-state index is 0.0956. The molecule has 2 N–H and O–H groups in total. The number of aryl methyl sites for hydroxylation is 1. The topological polar surface area (TPSA) is 80.0 Å². The van der Waals surface area contributed by atoms with Gasteiger partial charge in [0.25, 0.3) is 5.91 Å². The second-order valence-corrected chi connectivity index (χ2v) is 5.81. The van der Waals surface area contributed by atoms with Crippen LogP contribution in [0.3, 0.4) is 0 Å². The van der Waals surface area contributed by atoms with E-state index >= 15 is 0 Å². The number of hydrogen-bond donors (Lipinski definition) is 2. The monoisotopic (exact) mass is 300 g/mol. The van der Waals surface area contributed by atoms with Crippen LogP contribution in [0.4, 0.5) is 0 Å². The molecule has 2 aromatic rings. The van der Waals surface area contributed by atoms with Crippen molar-refractivity contribution in [2.75, 3.05) is 6.54 Å². The smallest absolute Gasteiger partial charge is 0.251 e.